The van der Waals surface area contributed by atoms with E-state index in [1.165, 1.54) is 42.4 Å². The molecule has 0 radical (unpaired) electrons. The van der Waals surface area contributed by atoms with E-state index < -0.39 is 5.54 Å². The largest absolute Gasteiger partial charge is 0.395 e. The van der Waals surface area contributed by atoms with Gasteiger partial charge >= 0.3 is 0 Å². The molecule has 0 aliphatic carbocycles. The molecule has 0 bridgehead atoms. The lowest BCUT2D eigenvalue weighted by Gasteiger charge is -2.40. The van der Waals surface area contributed by atoms with Gasteiger partial charge in [-0.3, -0.25) is 5.32 Å². The molecule has 0 amide bonds. The molecule has 3 heteroatoms. The Balaban J connectivity index is 1.93. The number of aliphatic hydroxyl groups is 1. The molecule has 0 fully saturated rings. The molecule has 0 saturated carbocycles. The van der Waals surface area contributed by atoms with Crippen LogP contribution in [-0.4, -0.2) is 29.3 Å². The molecule has 0 spiro atoms. The van der Waals surface area contributed by atoms with Gasteiger partial charge in [-0.25, -0.2) is 0 Å². The van der Waals surface area contributed by atoms with E-state index in [1.807, 2.05) is 11.8 Å². The zero-order valence-electron chi connectivity index (χ0n) is 18.5. The van der Waals surface area contributed by atoms with Crippen molar-refractivity contribution in [1.29, 1.82) is 0 Å². The molecule has 3 aromatic carbocycles. The van der Waals surface area contributed by atoms with Gasteiger partial charge in [0.05, 0.1) is 12.1 Å². The van der Waals surface area contributed by atoms with Gasteiger partial charge in [-0.05, 0) is 28.9 Å². The van der Waals surface area contributed by atoms with Gasteiger partial charge in [-0.1, -0.05) is 117 Å². The van der Waals surface area contributed by atoms with Gasteiger partial charge in [0.1, 0.15) is 0 Å². The maximum absolute atomic E-state index is 10.3. The van der Waals surface area contributed by atoms with Crippen molar-refractivity contribution >= 4 is 11.8 Å². The zero-order valence-corrected chi connectivity index (χ0v) is 19.4. The van der Waals surface area contributed by atoms with Crippen LogP contribution in [0.15, 0.2) is 91.0 Å². The highest BCUT2D eigenvalue weighted by Gasteiger charge is 2.37. The molecule has 0 aliphatic heterocycles. The maximum Gasteiger partial charge on any atom is 0.0951 e. The van der Waals surface area contributed by atoms with Crippen LogP contribution in [0.4, 0.5) is 0 Å². The Morgan fingerprint density at radius 1 is 0.742 bits per heavy atom. The van der Waals surface area contributed by atoms with E-state index in [0.29, 0.717) is 0 Å². The molecule has 1 atom stereocenters. The molecule has 0 heterocycles. The number of nitrogens with one attached hydrogen (secondary N) is 1. The van der Waals surface area contributed by atoms with Gasteiger partial charge in [0.15, 0.2) is 0 Å². The van der Waals surface area contributed by atoms with Crippen molar-refractivity contribution in [3.05, 3.63) is 108 Å². The lowest BCUT2D eigenvalue weighted by molar-refractivity contribution is 0.234. The lowest BCUT2D eigenvalue weighted by atomic mass is 9.76. The van der Waals surface area contributed by atoms with Crippen molar-refractivity contribution in [2.24, 2.45) is 0 Å². The van der Waals surface area contributed by atoms with E-state index >= 15 is 0 Å². The number of aliphatic hydroxyl groups excluding tert-OH is 1. The summed E-state index contributed by atoms with van der Waals surface area (Å²) in [6, 6.07) is 31.8. The predicted molar refractivity (Wildman–Crippen MR) is 135 cm³/mol. The molecular formula is C28H35NOS. The van der Waals surface area contributed by atoms with Crippen molar-refractivity contribution in [1.82, 2.24) is 5.32 Å². The highest BCUT2D eigenvalue weighted by molar-refractivity contribution is 7.99. The maximum atomic E-state index is 10.3. The Morgan fingerprint density at radius 2 is 1.23 bits per heavy atom. The first-order valence-electron chi connectivity index (χ1n) is 11.4. The molecule has 31 heavy (non-hydrogen) atoms. The fourth-order valence-corrected chi connectivity index (χ4v) is 5.17. The molecule has 0 aromatic heterocycles. The van der Waals surface area contributed by atoms with Crippen LogP contribution in [0, 0.1) is 0 Å². The Labute approximate surface area is 192 Å². The highest BCUT2D eigenvalue weighted by atomic mass is 32.2. The topological polar surface area (TPSA) is 32.3 Å². The van der Waals surface area contributed by atoms with Crippen LogP contribution in [0.5, 0.6) is 0 Å². The Hall–Kier alpha value is -2.07. The van der Waals surface area contributed by atoms with Crippen molar-refractivity contribution in [3.63, 3.8) is 0 Å². The second kappa shape index (κ2) is 12.7. The van der Waals surface area contributed by atoms with Gasteiger partial charge in [-0.2, -0.15) is 11.8 Å². The Morgan fingerprint density at radius 3 is 1.65 bits per heavy atom. The molecule has 3 aromatic rings. The number of hydrogen-bond donors (Lipinski definition) is 2. The SMILES string of the molecule is CCCCCCSCC(CO)NC(c1ccccc1)(c1ccccc1)c1ccccc1. The first kappa shape index (κ1) is 23.6. The fraction of sp³-hybridized carbons (Fsp3) is 0.357. The second-order valence-corrected chi connectivity index (χ2v) is 9.16. The Kier molecular flexibility index (Phi) is 9.67. The van der Waals surface area contributed by atoms with Crippen molar-refractivity contribution in [3.8, 4) is 0 Å². The van der Waals surface area contributed by atoms with E-state index in [2.05, 4.69) is 103 Å². The quantitative estimate of drug-likeness (QED) is 0.247. The van der Waals surface area contributed by atoms with Crippen LogP contribution < -0.4 is 5.32 Å². The summed E-state index contributed by atoms with van der Waals surface area (Å²) in [6.07, 6.45) is 5.11. The normalized spacial score (nSPS) is 12.6. The molecule has 164 valence electrons. The van der Waals surface area contributed by atoms with E-state index in [9.17, 15) is 5.11 Å². The number of rotatable bonds is 13. The van der Waals surface area contributed by atoms with Crippen LogP contribution in [0.3, 0.4) is 0 Å². The third kappa shape index (κ3) is 6.22. The smallest absolute Gasteiger partial charge is 0.0951 e. The summed E-state index contributed by atoms with van der Waals surface area (Å²) in [7, 11) is 0. The zero-order chi connectivity index (χ0) is 21.8. The van der Waals surface area contributed by atoms with Crippen LogP contribution in [0.2, 0.25) is 0 Å². The standard InChI is InChI=1S/C28H35NOS/c1-2-3-4-14-21-31-23-27(22-30)29-28(24-15-8-5-9-16-24,25-17-10-6-11-18-25)26-19-12-7-13-20-26/h5-13,15-20,27,29-30H,2-4,14,21-23H2,1H3. The van der Waals surface area contributed by atoms with E-state index in [-0.39, 0.29) is 12.6 Å². The first-order valence-corrected chi connectivity index (χ1v) is 12.6. The molecule has 0 saturated heterocycles. The number of benzene rings is 3. The van der Waals surface area contributed by atoms with Crippen LogP contribution in [0.25, 0.3) is 0 Å². The monoisotopic (exact) mass is 433 g/mol. The molecular weight excluding hydrogens is 398 g/mol. The fourth-order valence-electron chi connectivity index (χ4n) is 4.12. The first-order chi connectivity index (χ1) is 15.3. The summed E-state index contributed by atoms with van der Waals surface area (Å²) in [4.78, 5) is 0. The van der Waals surface area contributed by atoms with Gasteiger partial charge in [0, 0.05) is 11.8 Å². The third-order valence-corrected chi connectivity index (χ3v) is 6.94. The summed E-state index contributed by atoms with van der Waals surface area (Å²) in [5.74, 6) is 2.03. The minimum atomic E-state index is -0.528. The number of unbranched alkanes of at least 4 members (excludes halogenated alkanes) is 3. The predicted octanol–water partition coefficient (Wildman–Crippen LogP) is 6.24. The lowest BCUT2D eigenvalue weighted by Crippen LogP contribution is -2.52. The molecule has 1 unspecified atom stereocenters. The third-order valence-electron chi connectivity index (χ3n) is 5.72. The number of thioether (sulfide) groups is 1. The van der Waals surface area contributed by atoms with E-state index in [0.717, 1.165) is 11.5 Å². The Bertz CT molecular complexity index is 757. The van der Waals surface area contributed by atoms with Crippen molar-refractivity contribution < 1.29 is 5.11 Å². The van der Waals surface area contributed by atoms with Crippen LogP contribution in [0.1, 0.15) is 49.3 Å². The summed E-state index contributed by atoms with van der Waals surface area (Å²) in [5, 5.41) is 14.2. The molecule has 2 nitrogen and oxygen atoms in total. The van der Waals surface area contributed by atoms with E-state index in [4.69, 9.17) is 0 Å². The summed E-state index contributed by atoms with van der Waals surface area (Å²) in [6.45, 7) is 2.35. The van der Waals surface area contributed by atoms with Gasteiger partial charge in [-0.15, -0.1) is 0 Å². The second-order valence-electron chi connectivity index (χ2n) is 8.01. The van der Waals surface area contributed by atoms with Crippen LogP contribution in [-0.2, 0) is 5.54 Å². The van der Waals surface area contributed by atoms with Gasteiger partial charge in [0.25, 0.3) is 0 Å². The molecule has 2 N–H and O–H groups in total. The van der Waals surface area contributed by atoms with Crippen LogP contribution >= 0.6 is 11.8 Å². The molecule has 3 rings (SSSR count). The summed E-state index contributed by atoms with van der Waals surface area (Å²) in [5.41, 5.74) is 3.01. The van der Waals surface area contributed by atoms with E-state index in [1.54, 1.807) is 0 Å². The van der Waals surface area contributed by atoms with Crippen molar-refractivity contribution in [2.75, 3.05) is 18.1 Å². The molecule has 0 aliphatic rings. The summed E-state index contributed by atoms with van der Waals surface area (Å²) < 4.78 is 0. The summed E-state index contributed by atoms with van der Waals surface area (Å²) >= 11 is 1.94. The average Bonchev–Trinajstić information content (AvgIpc) is 2.85. The average molecular weight is 434 g/mol. The minimum absolute atomic E-state index is 0.0169. The van der Waals surface area contributed by atoms with Gasteiger partial charge in [0.2, 0.25) is 0 Å². The highest BCUT2D eigenvalue weighted by Crippen LogP contribution is 2.37. The van der Waals surface area contributed by atoms with Gasteiger partial charge < -0.3 is 5.11 Å². The number of hydrogen-bond acceptors (Lipinski definition) is 3. The van der Waals surface area contributed by atoms with Crippen molar-refractivity contribution in [2.45, 2.75) is 44.2 Å². The minimum Gasteiger partial charge on any atom is -0.395 e.